The van der Waals surface area contributed by atoms with Gasteiger partial charge in [0.05, 0.1) is 0 Å². The third kappa shape index (κ3) is 7.10. The molecule has 0 aromatic rings. The molecule has 0 radical (unpaired) electrons. The van der Waals surface area contributed by atoms with Crippen LogP contribution in [0.15, 0.2) is 0 Å². The van der Waals surface area contributed by atoms with Crippen LogP contribution < -0.4 is 5.32 Å². The van der Waals surface area contributed by atoms with Gasteiger partial charge in [-0.3, -0.25) is 24.0 Å². The number of hydrogen-bond acceptors (Lipinski definition) is 10. The molecule has 1 saturated heterocycles. The fourth-order valence-electron chi connectivity index (χ4n) is 2.54. The van der Waals surface area contributed by atoms with Gasteiger partial charge >= 0.3 is 23.9 Å². The molecule has 0 aliphatic carbocycles. The van der Waals surface area contributed by atoms with E-state index in [1.807, 2.05) is 0 Å². The second-order valence-electron chi connectivity index (χ2n) is 5.83. The maximum atomic E-state index is 12.7. The largest absolute Gasteiger partial charge is 0.463 e. The van der Waals surface area contributed by atoms with E-state index in [1.165, 1.54) is 0 Å². The van der Waals surface area contributed by atoms with Gasteiger partial charge in [0.1, 0.15) is 18.8 Å². The van der Waals surface area contributed by atoms with Gasteiger partial charge in [0, 0.05) is 27.7 Å². The van der Waals surface area contributed by atoms with Gasteiger partial charge in [-0.25, -0.2) is 4.39 Å². The Morgan fingerprint density at radius 3 is 1.86 bits per heavy atom. The van der Waals surface area contributed by atoms with Gasteiger partial charge in [-0.05, 0) is 0 Å². The molecule has 1 rings (SSSR count). The number of nitrogens with one attached hydrogen (secondary N) is 1. The van der Waals surface area contributed by atoms with Crippen molar-refractivity contribution in [2.24, 2.45) is 0 Å². The zero-order chi connectivity index (χ0) is 21.4. The van der Waals surface area contributed by atoms with Crippen molar-refractivity contribution >= 4 is 29.8 Å². The molecule has 5 atom stereocenters. The number of amides is 1. The molecule has 1 unspecified atom stereocenters. The van der Waals surface area contributed by atoms with E-state index in [9.17, 15) is 28.4 Å². The number of alkyl halides is 1. The molecule has 158 valence electrons. The van der Waals surface area contributed by atoms with Crippen LogP contribution in [-0.2, 0) is 47.7 Å². The van der Waals surface area contributed by atoms with Crippen molar-refractivity contribution in [2.45, 2.75) is 58.3 Å². The molecule has 1 fully saturated rings. The first kappa shape index (κ1) is 23.3. The van der Waals surface area contributed by atoms with Crippen LogP contribution in [0.2, 0.25) is 0 Å². The lowest BCUT2D eigenvalue weighted by molar-refractivity contribution is -0.271. The fraction of sp³-hybridized carbons (Fsp3) is 0.688. The highest BCUT2D eigenvalue weighted by Gasteiger charge is 2.52. The number of halogens is 1. The highest BCUT2D eigenvalue weighted by Crippen LogP contribution is 2.28. The van der Waals surface area contributed by atoms with Crippen LogP contribution in [0.4, 0.5) is 4.39 Å². The third-order valence-corrected chi connectivity index (χ3v) is 3.43. The van der Waals surface area contributed by atoms with Gasteiger partial charge < -0.3 is 29.0 Å². The average Bonchev–Trinajstić information content (AvgIpc) is 2.56. The van der Waals surface area contributed by atoms with E-state index < -0.39 is 73.7 Å². The number of hydrogen-bond donors (Lipinski definition) is 1. The predicted molar refractivity (Wildman–Crippen MR) is 86.1 cm³/mol. The topological polar surface area (TPSA) is 144 Å². The minimum Gasteiger partial charge on any atom is -0.463 e. The molecule has 28 heavy (non-hydrogen) atoms. The molecule has 1 aliphatic rings. The van der Waals surface area contributed by atoms with Crippen molar-refractivity contribution in [3.05, 3.63) is 0 Å². The molecule has 0 aromatic heterocycles. The van der Waals surface area contributed by atoms with E-state index in [0.29, 0.717) is 0 Å². The number of rotatable bonds is 7. The Labute approximate surface area is 159 Å². The number of carbonyl (C=O) groups is 5. The Morgan fingerprint density at radius 2 is 1.39 bits per heavy atom. The molecule has 0 aromatic carbocycles. The van der Waals surface area contributed by atoms with Crippen LogP contribution in [0.1, 0.15) is 27.7 Å². The van der Waals surface area contributed by atoms with Crippen LogP contribution in [0.5, 0.6) is 0 Å². The van der Waals surface area contributed by atoms with E-state index in [1.54, 1.807) is 0 Å². The maximum absolute atomic E-state index is 12.7. The Kier molecular flexibility index (Phi) is 8.76. The number of ether oxygens (including phenoxy) is 5. The van der Waals surface area contributed by atoms with Gasteiger partial charge in [0.15, 0.2) is 18.9 Å². The fourth-order valence-corrected chi connectivity index (χ4v) is 2.54. The summed E-state index contributed by atoms with van der Waals surface area (Å²) in [6.07, 6.45) is -5.52. The summed E-state index contributed by atoms with van der Waals surface area (Å²) in [4.78, 5) is 57.2. The minimum atomic E-state index is -1.54. The lowest BCUT2D eigenvalue weighted by Crippen LogP contribution is -2.67. The summed E-state index contributed by atoms with van der Waals surface area (Å²) in [5.74, 6) is -4.21. The van der Waals surface area contributed by atoms with E-state index in [4.69, 9.17) is 23.7 Å². The van der Waals surface area contributed by atoms with Crippen molar-refractivity contribution in [1.82, 2.24) is 5.32 Å². The van der Waals surface area contributed by atoms with E-state index >= 15 is 0 Å². The first-order chi connectivity index (χ1) is 13.0. The molecule has 1 amide bonds. The quantitative estimate of drug-likeness (QED) is 0.419. The molecule has 1 N–H and O–H groups in total. The summed E-state index contributed by atoms with van der Waals surface area (Å²) in [6, 6.07) is -1.39. The van der Waals surface area contributed by atoms with Gasteiger partial charge in [-0.1, -0.05) is 0 Å². The molecule has 1 heterocycles. The summed E-state index contributed by atoms with van der Waals surface area (Å²) >= 11 is 0. The van der Waals surface area contributed by atoms with E-state index in [0.717, 1.165) is 27.7 Å². The predicted octanol–water partition coefficient (Wildman–Crippen LogP) is -0.845. The summed E-state index contributed by atoms with van der Waals surface area (Å²) in [7, 11) is 0. The van der Waals surface area contributed by atoms with Crippen LogP contribution >= 0.6 is 0 Å². The first-order valence-corrected chi connectivity index (χ1v) is 8.21. The number of esters is 4. The van der Waals surface area contributed by atoms with Gasteiger partial charge in [0.25, 0.3) is 5.91 Å². The van der Waals surface area contributed by atoms with Gasteiger partial charge in [0.2, 0.25) is 6.29 Å². The van der Waals surface area contributed by atoms with E-state index in [2.05, 4.69) is 5.32 Å². The molecule has 12 heteroatoms. The average molecular weight is 407 g/mol. The highest BCUT2D eigenvalue weighted by molar-refractivity contribution is 5.77. The zero-order valence-electron chi connectivity index (χ0n) is 15.8. The van der Waals surface area contributed by atoms with E-state index in [-0.39, 0.29) is 0 Å². The standard InChI is InChI=1S/C16H22FNO10/c1-7(19)24-6-11-14(25-8(2)20)15(26-9(3)21)13(18-12(23)5-17)16(28-11)27-10(4)22/h11,13-16H,5-6H2,1-4H3,(H,18,23)/t11-,13-,14-,15-,16?/m1/s1. The molecule has 11 nitrogen and oxygen atoms in total. The van der Waals surface area contributed by atoms with Crippen LogP contribution in [0, 0.1) is 0 Å². The molecule has 0 bridgehead atoms. The summed E-state index contributed by atoms with van der Waals surface area (Å²) in [5, 5.41) is 2.18. The Bertz CT molecular complexity index is 625. The van der Waals surface area contributed by atoms with Crippen molar-refractivity contribution in [1.29, 1.82) is 0 Å². The molecule has 1 aliphatic heterocycles. The summed E-state index contributed by atoms with van der Waals surface area (Å²) in [5.41, 5.74) is 0. The first-order valence-electron chi connectivity index (χ1n) is 8.21. The second kappa shape index (κ2) is 10.5. The molecule has 0 saturated carbocycles. The molecule has 0 spiro atoms. The SMILES string of the molecule is CC(=O)OC[C@H]1OC(OC(C)=O)[C@H](NC(=O)CF)[C@@H](OC(C)=O)[C@@H]1OC(C)=O. The monoisotopic (exact) mass is 407 g/mol. The molecular weight excluding hydrogens is 385 g/mol. The maximum Gasteiger partial charge on any atom is 0.305 e. The smallest absolute Gasteiger partial charge is 0.305 e. The Hall–Kier alpha value is -2.76. The zero-order valence-corrected chi connectivity index (χ0v) is 15.8. The normalized spacial score (nSPS) is 26.5. The van der Waals surface area contributed by atoms with Crippen LogP contribution in [0.3, 0.4) is 0 Å². The minimum absolute atomic E-state index is 0.438. The Morgan fingerprint density at radius 1 is 0.857 bits per heavy atom. The van der Waals surface area contributed by atoms with Gasteiger partial charge in [-0.15, -0.1) is 0 Å². The highest BCUT2D eigenvalue weighted by atomic mass is 19.1. The lowest BCUT2D eigenvalue weighted by Gasteiger charge is -2.44. The van der Waals surface area contributed by atoms with Crippen molar-refractivity contribution in [3.63, 3.8) is 0 Å². The van der Waals surface area contributed by atoms with Crippen molar-refractivity contribution < 1.29 is 52.0 Å². The van der Waals surface area contributed by atoms with Crippen LogP contribution in [0.25, 0.3) is 0 Å². The lowest BCUT2D eigenvalue weighted by atomic mass is 9.96. The van der Waals surface area contributed by atoms with Crippen molar-refractivity contribution in [3.8, 4) is 0 Å². The summed E-state index contributed by atoms with van der Waals surface area (Å²) < 4.78 is 38.3. The molecular formula is C16H22FNO10. The Balaban J connectivity index is 3.31. The van der Waals surface area contributed by atoms with Crippen molar-refractivity contribution in [2.75, 3.05) is 13.3 Å². The third-order valence-electron chi connectivity index (χ3n) is 3.43. The summed E-state index contributed by atoms with van der Waals surface area (Å²) in [6.45, 7) is 2.45. The van der Waals surface area contributed by atoms with Gasteiger partial charge in [-0.2, -0.15) is 0 Å². The van der Waals surface area contributed by atoms with Crippen LogP contribution in [-0.4, -0.2) is 73.7 Å². The number of carbonyl (C=O) groups excluding carboxylic acids is 5. The second-order valence-corrected chi connectivity index (χ2v) is 5.83.